The van der Waals surface area contributed by atoms with Crippen LogP contribution in [0.5, 0.6) is 0 Å². The minimum atomic E-state index is -0.443. The lowest BCUT2D eigenvalue weighted by Crippen LogP contribution is -2.08. The summed E-state index contributed by atoms with van der Waals surface area (Å²) in [6.07, 6.45) is 1.17. The van der Waals surface area contributed by atoms with Crippen LogP contribution in [0.4, 0.5) is 0 Å². The van der Waals surface area contributed by atoms with E-state index in [0.717, 1.165) is 5.56 Å². The van der Waals surface area contributed by atoms with E-state index >= 15 is 0 Å². The molecular weight excluding hydrogens is 204 g/mol. The Hall–Kier alpha value is -2.03. The first-order chi connectivity index (χ1) is 7.77. The van der Waals surface area contributed by atoms with E-state index in [2.05, 4.69) is 0 Å². The molecule has 0 spiro atoms. The van der Waals surface area contributed by atoms with Gasteiger partial charge in [0, 0.05) is 0 Å². The van der Waals surface area contributed by atoms with E-state index in [1.165, 1.54) is 6.26 Å². The molecule has 2 aromatic rings. The fourth-order valence-corrected chi connectivity index (χ4v) is 1.41. The molecule has 0 amide bonds. The van der Waals surface area contributed by atoms with Crippen molar-refractivity contribution in [2.75, 3.05) is 0 Å². The highest BCUT2D eigenvalue weighted by Crippen LogP contribution is 2.18. The van der Waals surface area contributed by atoms with E-state index in [4.69, 9.17) is 9.15 Å². The summed E-state index contributed by atoms with van der Waals surface area (Å²) in [6.45, 7) is 1.83. The molecule has 1 atom stereocenters. The first kappa shape index (κ1) is 10.5. The zero-order valence-electron chi connectivity index (χ0n) is 8.92. The Morgan fingerprint density at radius 2 is 1.94 bits per heavy atom. The smallest absolute Gasteiger partial charge is 0.374 e. The van der Waals surface area contributed by atoms with Crippen molar-refractivity contribution in [1.82, 2.24) is 0 Å². The van der Waals surface area contributed by atoms with Crippen molar-refractivity contribution in [2.24, 2.45) is 0 Å². The SMILES string of the molecule is CC(OC(=O)c1ccco1)c1ccccc1. The summed E-state index contributed by atoms with van der Waals surface area (Å²) in [6, 6.07) is 12.8. The highest BCUT2D eigenvalue weighted by molar-refractivity contribution is 5.86. The summed E-state index contributed by atoms with van der Waals surface area (Å²) in [5, 5.41) is 0. The van der Waals surface area contributed by atoms with Crippen molar-refractivity contribution in [2.45, 2.75) is 13.0 Å². The summed E-state index contributed by atoms with van der Waals surface area (Å²) in [5.74, 6) is -0.218. The largest absolute Gasteiger partial charge is 0.457 e. The predicted molar refractivity (Wildman–Crippen MR) is 59.0 cm³/mol. The maximum Gasteiger partial charge on any atom is 0.374 e. The normalized spacial score (nSPS) is 12.1. The van der Waals surface area contributed by atoms with E-state index in [1.54, 1.807) is 12.1 Å². The molecule has 0 saturated heterocycles. The van der Waals surface area contributed by atoms with E-state index < -0.39 is 5.97 Å². The number of carbonyl (C=O) groups excluding carboxylic acids is 1. The first-order valence-corrected chi connectivity index (χ1v) is 5.07. The number of furan rings is 1. The molecular formula is C13H12O3. The van der Waals surface area contributed by atoms with Crippen molar-refractivity contribution in [1.29, 1.82) is 0 Å². The fraction of sp³-hybridized carbons (Fsp3) is 0.154. The first-order valence-electron chi connectivity index (χ1n) is 5.07. The highest BCUT2D eigenvalue weighted by atomic mass is 16.6. The maximum absolute atomic E-state index is 11.6. The standard InChI is InChI=1S/C13H12O3/c1-10(11-6-3-2-4-7-11)16-13(14)12-8-5-9-15-12/h2-10H,1H3. The van der Waals surface area contributed by atoms with Gasteiger partial charge in [0.2, 0.25) is 5.76 Å². The van der Waals surface area contributed by atoms with Crippen molar-refractivity contribution in [3.8, 4) is 0 Å². The number of hydrogen-bond donors (Lipinski definition) is 0. The van der Waals surface area contributed by atoms with Gasteiger partial charge in [-0.3, -0.25) is 0 Å². The molecule has 3 heteroatoms. The molecule has 1 unspecified atom stereocenters. The lowest BCUT2D eigenvalue weighted by molar-refractivity contribution is 0.0301. The molecule has 0 aliphatic rings. The van der Waals surface area contributed by atoms with Crippen LogP contribution in [-0.4, -0.2) is 5.97 Å². The topological polar surface area (TPSA) is 39.4 Å². The molecule has 1 heterocycles. The number of hydrogen-bond acceptors (Lipinski definition) is 3. The van der Waals surface area contributed by atoms with Crippen LogP contribution in [0.2, 0.25) is 0 Å². The molecule has 0 radical (unpaired) electrons. The number of ether oxygens (including phenoxy) is 1. The lowest BCUT2D eigenvalue weighted by Gasteiger charge is -2.12. The summed E-state index contributed by atoms with van der Waals surface area (Å²) in [5.41, 5.74) is 0.961. The molecule has 1 aromatic carbocycles. The molecule has 0 bridgehead atoms. The van der Waals surface area contributed by atoms with Gasteiger partial charge < -0.3 is 9.15 Å². The summed E-state index contributed by atoms with van der Waals surface area (Å²) in [7, 11) is 0. The second kappa shape index (κ2) is 4.66. The molecule has 0 aliphatic carbocycles. The van der Waals surface area contributed by atoms with Crippen LogP contribution in [0.25, 0.3) is 0 Å². The maximum atomic E-state index is 11.6. The van der Waals surface area contributed by atoms with Crippen molar-refractivity contribution in [3.63, 3.8) is 0 Å². The van der Waals surface area contributed by atoms with Gasteiger partial charge in [-0.25, -0.2) is 4.79 Å². The van der Waals surface area contributed by atoms with Crippen molar-refractivity contribution in [3.05, 3.63) is 60.1 Å². The Bertz CT molecular complexity index is 445. The highest BCUT2D eigenvalue weighted by Gasteiger charge is 2.15. The van der Waals surface area contributed by atoms with Gasteiger partial charge in [-0.15, -0.1) is 0 Å². The summed E-state index contributed by atoms with van der Waals surface area (Å²) < 4.78 is 10.2. The number of rotatable bonds is 3. The Morgan fingerprint density at radius 3 is 2.56 bits per heavy atom. The fourth-order valence-electron chi connectivity index (χ4n) is 1.41. The number of carbonyl (C=O) groups is 1. The van der Waals surface area contributed by atoms with Gasteiger partial charge >= 0.3 is 5.97 Å². The van der Waals surface area contributed by atoms with Crippen LogP contribution in [0.15, 0.2) is 53.1 Å². The number of esters is 1. The molecule has 0 saturated carbocycles. The van der Waals surface area contributed by atoms with Crippen LogP contribution in [-0.2, 0) is 4.74 Å². The van der Waals surface area contributed by atoms with Gasteiger partial charge in [-0.2, -0.15) is 0 Å². The van der Waals surface area contributed by atoms with Gasteiger partial charge in [0.1, 0.15) is 6.10 Å². The third kappa shape index (κ3) is 2.31. The van der Waals surface area contributed by atoms with E-state index in [1.807, 2.05) is 37.3 Å². The zero-order valence-corrected chi connectivity index (χ0v) is 8.92. The van der Waals surface area contributed by atoms with Gasteiger partial charge in [0.25, 0.3) is 0 Å². The van der Waals surface area contributed by atoms with Crippen molar-refractivity contribution < 1.29 is 13.9 Å². The van der Waals surface area contributed by atoms with E-state index in [9.17, 15) is 4.79 Å². The second-order valence-corrected chi connectivity index (χ2v) is 3.44. The third-order valence-electron chi connectivity index (χ3n) is 2.28. The average molecular weight is 216 g/mol. The van der Waals surface area contributed by atoms with E-state index in [0.29, 0.717) is 0 Å². The monoisotopic (exact) mass is 216 g/mol. The molecule has 1 aromatic heterocycles. The van der Waals surface area contributed by atoms with Crippen LogP contribution in [0, 0.1) is 0 Å². The number of benzene rings is 1. The molecule has 0 aliphatic heterocycles. The van der Waals surface area contributed by atoms with Crippen LogP contribution in [0.1, 0.15) is 29.1 Å². The molecule has 0 N–H and O–H groups in total. The molecule has 0 fully saturated rings. The van der Waals surface area contributed by atoms with Crippen LogP contribution in [0.3, 0.4) is 0 Å². The summed E-state index contributed by atoms with van der Waals surface area (Å²) in [4.78, 5) is 11.6. The van der Waals surface area contributed by atoms with Gasteiger partial charge in [0.15, 0.2) is 0 Å². The Labute approximate surface area is 93.7 Å². The van der Waals surface area contributed by atoms with Crippen LogP contribution < -0.4 is 0 Å². The molecule has 82 valence electrons. The van der Waals surface area contributed by atoms with Gasteiger partial charge in [0.05, 0.1) is 6.26 Å². The molecule has 3 nitrogen and oxygen atoms in total. The summed E-state index contributed by atoms with van der Waals surface area (Å²) >= 11 is 0. The Balaban J connectivity index is 2.03. The second-order valence-electron chi connectivity index (χ2n) is 3.44. The third-order valence-corrected chi connectivity index (χ3v) is 2.28. The molecule has 16 heavy (non-hydrogen) atoms. The zero-order chi connectivity index (χ0) is 11.4. The average Bonchev–Trinajstić information content (AvgIpc) is 2.83. The quantitative estimate of drug-likeness (QED) is 0.739. The minimum absolute atomic E-state index is 0.225. The Morgan fingerprint density at radius 1 is 1.19 bits per heavy atom. The van der Waals surface area contributed by atoms with Crippen LogP contribution >= 0.6 is 0 Å². The lowest BCUT2D eigenvalue weighted by atomic mass is 10.1. The minimum Gasteiger partial charge on any atom is -0.457 e. The van der Waals surface area contributed by atoms with Crippen molar-refractivity contribution >= 4 is 5.97 Å². The van der Waals surface area contributed by atoms with Gasteiger partial charge in [-0.1, -0.05) is 30.3 Å². The molecule has 2 rings (SSSR count). The van der Waals surface area contributed by atoms with Gasteiger partial charge in [-0.05, 0) is 24.6 Å². The predicted octanol–water partition coefficient (Wildman–Crippen LogP) is 3.20. The Kier molecular flexibility index (Phi) is 3.05. The van der Waals surface area contributed by atoms with E-state index in [-0.39, 0.29) is 11.9 Å².